The zero-order chi connectivity index (χ0) is 37.0. The Balaban J connectivity index is 1.01. The van der Waals surface area contributed by atoms with E-state index in [1.54, 1.807) is 0 Å². The SMILES string of the molecule is c1ccc(-c2cc(-c3ccccc3)nc(-c3cccc(-c4ccc(-n5c6ccccc6c6cc7ccc8c(ccn8-c8ccccc8)c7cc65)cc4)c3)n2)cc1. The molecule has 8 aromatic carbocycles. The van der Waals surface area contributed by atoms with Crippen LogP contribution in [0.15, 0.2) is 206 Å². The molecule has 0 unspecified atom stereocenters. The van der Waals surface area contributed by atoms with Crippen LogP contribution in [0.2, 0.25) is 0 Å². The fraction of sp³-hybridized carbons (Fsp3) is 0. The van der Waals surface area contributed by atoms with Crippen molar-refractivity contribution < 1.29 is 0 Å². The molecular formula is C52H34N4. The molecular weight excluding hydrogens is 681 g/mol. The second-order valence-corrected chi connectivity index (χ2v) is 14.3. The number of benzene rings is 8. The van der Waals surface area contributed by atoms with E-state index in [4.69, 9.17) is 9.97 Å². The molecule has 0 aliphatic rings. The average Bonchev–Trinajstić information content (AvgIpc) is 3.86. The van der Waals surface area contributed by atoms with E-state index in [1.807, 2.05) is 36.4 Å². The predicted octanol–water partition coefficient (Wildman–Crippen LogP) is 13.3. The maximum absolute atomic E-state index is 5.08. The van der Waals surface area contributed by atoms with Gasteiger partial charge in [0.25, 0.3) is 0 Å². The van der Waals surface area contributed by atoms with Gasteiger partial charge in [-0.3, -0.25) is 0 Å². The van der Waals surface area contributed by atoms with E-state index < -0.39 is 0 Å². The average molecular weight is 715 g/mol. The topological polar surface area (TPSA) is 35.6 Å². The molecule has 3 aromatic heterocycles. The predicted molar refractivity (Wildman–Crippen MR) is 232 cm³/mol. The number of fused-ring (bicyclic) bond motifs is 6. The summed E-state index contributed by atoms with van der Waals surface area (Å²) in [6.07, 6.45) is 2.18. The molecule has 56 heavy (non-hydrogen) atoms. The second-order valence-electron chi connectivity index (χ2n) is 14.3. The molecule has 0 spiro atoms. The first-order valence-electron chi connectivity index (χ1n) is 19.0. The van der Waals surface area contributed by atoms with Gasteiger partial charge in [0.05, 0.1) is 27.9 Å². The van der Waals surface area contributed by atoms with Crippen molar-refractivity contribution in [2.75, 3.05) is 0 Å². The van der Waals surface area contributed by atoms with Crippen molar-refractivity contribution in [3.05, 3.63) is 206 Å². The summed E-state index contributed by atoms with van der Waals surface area (Å²) in [6, 6.07) is 71.0. The van der Waals surface area contributed by atoms with Gasteiger partial charge >= 0.3 is 0 Å². The lowest BCUT2D eigenvalue weighted by molar-refractivity contribution is 1.13. The zero-order valence-electron chi connectivity index (χ0n) is 30.4. The minimum atomic E-state index is 0.703. The van der Waals surface area contributed by atoms with Gasteiger partial charge in [-0.1, -0.05) is 133 Å². The van der Waals surface area contributed by atoms with E-state index in [-0.39, 0.29) is 0 Å². The molecule has 0 bridgehead atoms. The van der Waals surface area contributed by atoms with Gasteiger partial charge in [0.1, 0.15) is 0 Å². The summed E-state index contributed by atoms with van der Waals surface area (Å²) in [6.45, 7) is 0. The van der Waals surface area contributed by atoms with Crippen LogP contribution in [0, 0.1) is 0 Å². The van der Waals surface area contributed by atoms with Crippen molar-refractivity contribution in [2.45, 2.75) is 0 Å². The van der Waals surface area contributed by atoms with Crippen LogP contribution in [0.1, 0.15) is 0 Å². The van der Waals surface area contributed by atoms with Crippen LogP contribution in [0.25, 0.3) is 99.9 Å². The molecule has 4 nitrogen and oxygen atoms in total. The molecule has 0 aliphatic heterocycles. The fourth-order valence-electron chi connectivity index (χ4n) is 8.24. The number of para-hydroxylation sites is 2. The van der Waals surface area contributed by atoms with E-state index >= 15 is 0 Å². The molecule has 0 saturated carbocycles. The molecule has 0 N–H and O–H groups in total. The van der Waals surface area contributed by atoms with E-state index in [9.17, 15) is 0 Å². The largest absolute Gasteiger partial charge is 0.317 e. The number of hydrogen-bond donors (Lipinski definition) is 0. The molecule has 0 atom stereocenters. The summed E-state index contributed by atoms with van der Waals surface area (Å²) in [5.41, 5.74) is 13.0. The summed E-state index contributed by atoms with van der Waals surface area (Å²) < 4.78 is 4.68. The van der Waals surface area contributed by atoms with Gasteiger partial charge in [-0.15, -0.1) is 0 Å². The third kappa shape index (κ3) is 5.39. The van der Waals surface area contributed by atoms with Gasteiger partial charge in [-0.2, -0.15) is 0 Å². The first kappa shape index (κ1) is 31.9. The van der Waals surface area contributed by atoms with Crippen molar-refractivity contribution >= 4 is 43.5 Å². The van der Waals surface area contributed by atoms with E-state index in [0.717, 1.165) is 50.6 Å². The molecule has 4 heteroatoms. The van der Waals surface area contributed by atoms with Crippen molar-refractivity contribution in [1.82, 2.24) is 19.1 Å². The summed E-state index contributed by atoms with van der Waals surface area (Å²) in [5, 5.41) is 6.23. The van der Waals surface area contributed by atoms with Crippen LogP contribution in [0.5, 0.6) is 0 Å². The first-order chi connectivity index (χ1) is 27.7. The van der Waals surface area contributed by atoms with Crippen molar-refractivity contribution in [3.8, 4) is 56.4 Å². The number of rotatable bonds is 6. The lowest BCUT2D eigenvalue weighted by Gasteiger charge is -2.12. The van der Waals surface area contributed by atoms with Crippen LogP contribution in [0.3, 0.4) is 0 Å². The number of nitrogens with zero attached hydrogens (tertiary/aromatic N) is 4. The highest BCUT2D eigenvalue weighted by atomic mass is 15.0. The van der Waals surface area contributed by atoms with Gasteiger partial charge in [0, 0.05) is 50.4 Å². The lowest BCUT2D eigenvalue weighted by atomic mass is 10.0. The summed E-state index contributed by atoms with van der Waals surface area (Å²) in [4.78, 5) is 10.2. The van der Waals surface area contributed by atoms with E-state index in [2.05, 4.69) is 179 Å². The Bertz CT molecular complexity index is 3160. The van der Waals surface area contributed by atoms with Gasteiger partial charge in [-0.25, -0.2) is 9.97 Å². The lowest BCUT2D eigenvalue weighted by Crippen LogP contribution is -1.96. The first-order valence-corrected chi connectivity index (χ1v) is 19.0. The Morgan fingerprint density at radius 2 is 0.946 bits per heavy atom. The summed E-state index contributed by atoms with van der Waals surface area (Å²) in [5.74, 6) is 0.703. The third-order valence-corrected chi connectivity index (χ3v) is 11.0. The van der Waals surface area contributed by atoms with Crippen LogP contribution in [-0.2, 0) is 0 Å². The highest BCUT2D eigenvalue weighted by Crippen LogP contribution is 2.38. The number of aromatic nitrogens is 4. The maximum atomic E-state index is 5.08. The quantitative estimate of drug-likeness (QED) is 0.172. The zero-order valence-corrected chi connectivity index (χ0v) is 30.4. The van der Waals surface area contributed by atoms with Crippen LogP contribution < -0.4 is 0 Å². The standard InChI is InChI=1S/C52H34N4/c1-4-13-36(14-5-1)47-34-48(37-15-6-2-7-16-37)54-52(53-47)40-18-12-17-38(31-40)35-23-26-42(27-24-35)56-50-22-11-10-21-43(50)46-32-39-25-28-49-44(45(39)33-51(46)56)29-30-55(49)41-19-8-3-9-20-41/h1-34H. The highest BCUT2D eigenvalue weighted by Gasteiger charge is 2.16. The van der Waals surface area contributed by atoms with Crippen molar-refractivity contribution in [2.24, 2.45) is 0 Å². The molecule has 0 fully saturated rings. The van der Waals surface area contributed by atoms with Crippen molar-refractivity contribution in [3.63, 3.8) is 0 Å². The molecule has 11 aromatic rings. The minimum absolute atomic E-state index is 0.703. The molecule has 0 saturated heterocycles. The van der Waals surface area contributed by atoms with Crippen molar-refractivity contribution in [1.29, 1.82) is 0 Å². The molecule has 0 aliphatic carbocycles. The van der Waals surface area contributed by atoms with Gasteiger partial charge in [0.15, 0.2) is 5.82 Å². The Kier molecular flexibility index (Phi) is 7.46. The Labute approximate surface area is 324 Å². The van der Waals surface area contributed by atoms with Gasteiger partial charge in [0.2, 0.25) is 0 Å². The monoisotopic (exact) mass is 714 g/mol. The van der Waals surface area contributed by atoms with Crippen LogP contribution >= 0.6 is 0 Å². The molecule has 3 heterocycles. The maximum Gasteiger partial charge on any atom is 0.160 e. The second kappa shape index (κ2) is 13.1. The fourth-order valence-corrected chi connectivity index (χ4v) is 8.24. The van der Waals surface area contributed by atoms with Crippen LogP contribution in [0.4, 0.5) is 0 Å². The molecule has 0 radical (unpaired) electrons. The van der Waals surface area contributed by atoms with Gasteiger partial charge < -0.3 is 9.13 Å². The minimum Gasteiger partial charge on any atom is -0.317 e. The summed E-state index contributed by atoms with van der Waals surface area (Å²) in [7, 11) is 0. The Morgan fingerprint density at radius 1 is 0.321 bits per heavy atom. The Morgan fingerprint density at radius 3 is 1.68 bits per heavy atom. The van der Waals surface area contributed by atoms with E-state index in [0.29, 0.717) is 5.82 Å². The summed E-state index contributed by atoms with van der Waals surface area (Å²) >= 11 is 0. The molecule has 262 valence electrons. The smallest absolute Gasteiger partial charge is 0.160 e. The number of hydrogen-bond acceptors (Lipinski definition) is 2. The van der Waals surface area contributed by atoms with Gasteiger partial charge in [-0.05, 0) is 88.6 Å². The third-order valence-electron chi connectivity index (χ3n) is 11.0. The Hall–Kier alpha value is -7.56. The normalized spacial score (nSPS) is 11.6. The van der Waals surface area contributed by atoms with Crippen LogP contribution in [-0.4, -0.2) is 19.1 Å². The molecule has 0 amide bonds. The van der Waals surface area contributed by atoms with E-state index in [1.165, 1.54) is 43.5 Å². The molecule has 11 rings (SSSR count). The highest BCUT2D eigenvalue weighted by molar-refractivity contribution is 6.18.